The summed E-state index contributed by atoms with van der Waals surface area (Å²) in [7, 11) is 0. The third-order valence-electron chi connectivity index (χ3n) is 2.71. The summed E-state index contributed by atoms with van der Waals surface area (Å²) in [4.78, 5) is 8.89. The van der Waals surface area contributed by atoms with Gasteiger partial charge in [-0.25, -0.2) is 14.7 Å². The molecular weight excluding hydrogens is 238 g/mol. The second-order valence-corrected chi connectivity index (χ2v) is 4.73. The number of imidazole rings is 1. The molecular formula is C11H20ClN5. The van der Waals surface area contributed by atoms with Gasteiger partial charge in [0.2, 0.25) is 5.96 Å². The molecule has 0 spiro atoms. The highest BCUT2D eigenvalue weighted by Crippen LogP contribution is 2.24. The van der Waals surface area contributed by atoms with Gasteiger partial charge in [0.15, 0.2) is 0 Å². The molecule has 0 bridgehead atoms. The van der Waals surface area contributed by atoms with Crippen molar-refractivity contribution < 1.29 is 0 Å². The number of nitrogens with one attached hydrogen (secondary N) is 1. The monoisotopic (exact) mass is 257 g/mol. The lowest BCUT2D eigenvalue weighted by Gasteiger charge is -2.22. The van der Waals surface area contributed by atoms with Crippen molar-refractivity contribution in [3.05, 3.63) is 17.2 Å². The molecule has 0 saturated carbocycles. The molecule has 2 heterocycles. The van der Waals surface area contributed by atoms with Crippen molar-refractivity contribution in [2.24, 2.45) is 16.6 Å². The van der Waals surface area contributed by atoms with Crippen molar-refractivity contribution in [3.63, 3.8) is 0 Å². The van der Waals surface area contributed by atoms with Gasteiger partial charge in [0.05, 0.1) is 17.4 Å². The fourth-order valence-corrected chi connectivity index (χ4v) is 2.13. The van der Waals surface area contributed by atoms with E-state index in [9.17, 15) is 0 Å². The summed E-state index contributed by atoms with van der Waals surface area (Å²) in [6.07, 6.45) is 0.938. The number of nitrogens with zero attached hydrogens (tertiary/aromatic N) is 3. The SMILES string of the molecule is Cc1nc(CC(C)C)n2c1C(C)N=C(N)N2.Cl. The third kappa shape index (κ3) is 2.54. The van der Waals surface area contributed by atoms with Crippen LogP contribution in [0.4, 0.5) is 0 Å². The molecule has 0 amide bonds. The van der Waals surface area contributed by atoms with E-state index >= 15 is 0 Å². The number of fused-ring (bicyclic) bond motifs is 1. The van der Waals surface area contributed by atoms with Gasteiger partial charge in [-0.05, 0) is 19.8 Å². The van der Waals surface area contributed by atoms with Crippen LogP contribution in [0.5, 0.6) is 0 Å². The predicted octanol–water partition coefficient (Wildman–Crippen LogP) is 1.74. The molecule has 3 N–H and O–H groups in total. The van der Waals surface area contributed by atoms with Gasteiger partial charge < -0.3 is 5.73 Å². The maximum Gasteiger partial charge on any atom is 0.208 e. The molecule has 0 radical (unpaired) electrons. The summed E-state index contributed by atoms with van der Waals surface area (Å²) in [6, 6.07) is 0.0784. The van der Waals surface area contributed by atoms with Crippen molar-refractivity contribution in [2.45, 2.75) is 40.2 Å². The van der Waals surface area contributed by atoms with E-state index in [1.165, 1.54) is 0 Å². The van der Waals surface area contributed by atoms with Gasteiger partial charge >= 0.3 is 0 Å². The van der Waals surface area contributed by atoms with Crippen LogP contribution in [-0.2, 0) is 6.42 Å². The number of aromatic nitrogens is 2. The van der Waals surface area contributed by atoms with Gasteiger partial charge in [0, 0.05) is 6.42 Å². The number of guanidine groups is 1. The topological polar surface area (TPSA) is 68.2 Å². The van der Waals surface area contributed by atoms with E-state index in [0.717, 1.165) is 23.6 Å². The number of aliphatic imine (C=N–C) groups is 1. The summed E-state index contributed by atoms with van der Waals surface area (Å²) in [5, 5.41) is 0. The molecule has 1 atom stereocenters. The van der Waals surface area contributed by atoms with Crippen LogP contribution in [0.1, 0.15) is 44.0 Å². The lowest BCUT2D eigenvalue weighted by molar-refractivity contribution is 0.592. The lowest BCUT2D eigenvalue weighted by Crippen LogP contribution is -2.36. The van der Waals surface area contributed by atoms with Crippen LogP contribution in [0, 0.1) is 12.8 Å². The summed E-state index contributed by atoms with van der Waals surface area (Å²) < 4.78 is 1.99. The minimum absolute atomic E-state index is 0. The minimum Gasteiger partial charge on any atom is -0.369 e. The highest BCUT2D eigenvalue weighted by atomic mass is 35.5. The normalized spacial score (nSPS) is 18.2. The van der Waals surface area contributed by atoms with Crippen molar-refractivity contribution in [3.8, 4) is 0 Å². The smallest absolute Gasteiger partial charge is 0.208 e. The van der Waals surface area contributed by atoms with Gasteiger partial charge in [-0.3, -0.25) is 5.43 Å². The molecule has 0 aliphatic carbocycles. The Hall–Kier alpha value is -1.23. The molecule has 1 unspecified atom stereocenters. The first-order chi connectivity index (χ1) is 7.49. The van der Waals surface area contributed by atoms with E-state index in [2.05, 4.69) is 29.2 Å². The molecule has 1 aromatic heterocycles. The van der Waals surface area contributed by atoms with Crippen molar-refractivity contribution in [2.75, 3.05) is 5.43 Å². The van der Waals surface area contributed by atoms with Crippen LogP contribution in [0.15, 0.2) is 4.99 Å². The highest BCUT2D eigenvalue weighted by Gasteiger charge is 2.23. The Morgan fingerprint density at radius 2 is 2.12 bits per heavy atom. The predicted molar refractivity (Wildman–Crippen MR) is 72.2 cm³/mol. The number of hydrogen-bond donors (Lipinski definition) is 2. The van der Waals surface area contributed by atoms with Crippen LogP contribution in [-0.4, -0.2) is 15.6 Å². The van der Waals surface area contributed by atoms with E-state index < -0.39 is 0 Å². The zero-order valence-corrected chi connectivity index (χ0v) is 11.5. The van der Waals surface area contributed by atoms with E-state index in [1.807, 2.05) is 18.5 Å². The molecule has 5 nitrogen and oxygen atoms in total. The molecule has 0 saturated heterocycles. The molecule has 96 valence electrons. The van der Waals surface area contributed by atoms with Crippen LogP contribution in [0.25, 0.3) is 0 Å². The van der Waals surface area contributed by atoms with Gasteiger partial charge in [-0.15, -0.1) is 12.4 Å². The minimum atomic E-state index is 0. The first-order valence-corrected chi connectivity index (χ1v) is 5.67. The molecule has 1 aliphatic rings. The van der Waals surface area contributed by atoms with Crippen LogP contribution >= 0.6 is 12.4 Å². The zero-order valence-electron chi connectivity index (χ0n) is 10.7. The molecule has 1 aliphatic heterocycles. The molecule has 17 heavy (non-hydrogen) atoms. The highest BCUT2D eigenvalue weighted by molar-refractivity contribution is 5.86. The van der Waals surface area contributed by atoms with Crippen LogP contribution < -0.4 is 11.2 Å². The van der Waals surface area contributed by atoms with Gasteiger partial charge in [-0.1, -0.05) is 13.8 Å². The Balaban J connectivity index is 0.00000144. The van der Waals surface area contributed by atoms with Gasteiger partial charge in [0.1, 0.15) is 5.82 Å². The second-order valence-electron chi connectivity index (χ2n) is 4.73. The third-order valence-corrected chi connectivity index (χ3v) is 2.71. The van der Waals surface area contributed by atoms with Crippen LogP contribution in [0.3, 0.4) is 0 Å². The Bertz CT molecular complexity index is 435. The molecule has 1 aromatic rings. The van der Waals surface area contributed by atoms with E-state index in [1.54, 1.807) is 0 Å². The standard InChI is InChI=1S/C11H19N5.ClH/c1-6(2)5-9-13-7(3)10-8(4)14-11(12)15-16(9)10;/h6,8H,5H2,1-4H3,(H3,12,14,15);1H. The molecule has 0 aromatic carbocycles. The Morgan fingerprint density at radius 3 is 2.71 bits per heavy atom. The van der Waals surface area contributed by atoms with Crippen LogP contribution in [0.2, 0.25) is 0 Å². The fraction of sp³-hybridized carbons (Fsp3) is 0.636. The summed E-state index contributed by atoms with van der Waals surface area (Å²) >= 11 is 0. The number of nitrogens with two attached hydrogens (primary N) is 1. The Kier molecular flexibility index (Phi) is 4.03. The second kappa shape index (κ2) is 4.96. The van der Waals surface area contributed by atoms with E-state index in [0.29, 0.717) is 11.9 Å². The van der Waals surface area contributed by atoms with Gasteiger partial charge in [-0.2, -0.15) is 0 Å². The van der Waals surface area contributed by atoms with Gasteiger partial charge in [0.25, 0.3) is 0 Å². The van der Waals surface area contributed by atoms with E-state index in [-0.39, 0.29) is 18.4 Å². The molecule has 2 rings (SSSR count). The van der Waals surface area contributed by atoms with Crippen molar-refractivity contribution in [1.82, 2.24) is 9.66 Å². The summed E-state index contributed by atoms with van der Waals surface area (Å²) in [5.74, 6) is 2.07. The average molecular weight is 258 g/mol. The molecule has 0 fully saturated rings. The first kappa shape index (κ1) is 13.8. The van der Waals surface area contributed by atoms with E-state index in [4.69, 9.17) is 5.73 Å². The first-order valence-electron chi connectivity index (χ1n) is 5.67. The lowest BCUT2D eigenvalue weighted by atomic mass is 10.1. The Morgan fingerprint density at radius 1 is 1.47 bits per heavy atom. The zero-order chi connectivity index (χ0) is 11.9. The maximum absolute atomic E-state index is 5.74. The Labute approximate surface area is 108 Å². The number of hydrogen-bond acceptors (Lipinski definition) is 4. The fourth-order valence-electron chi connectivity index (χ4n) is 2.13. The maximum atomic E-state index is 5.74. The summed E-state index contributed by atoms with van der Waals surface area (Å²) in [5.41, 5.74) is 11.0. The van der Waals surface area contributed by atoms with Crippen molar-refractivity contribution in [1.29, 1.82) is 0 Å². The summed E-state index contributed by atoms with van der Waals surface area (Å²) in [6.45, 7) is 8.42. The molecule has 6 heteroatoms. The number of halogens is 1. The van der Waals surface area contributed by atoms with Crippen molar-refractivity contribution >= 4 is 18.4 Å². The largest absolute Gasteiger partial charge is 0.369 e. The number of rotatable bonds is 2. The quantitative estimate of drug-likeness (QED) is 0.848. The number of aryl methyl sites for hydroxylation is 1. The average Bonchev–Trinajstić information content (AvgIpc) is 2.41.